The zero-order valence-corrected chi connectivity index (χ0v) is 12.6. The summed E-state index contributed by atoms with van der Waals surface area (Å²) in [7, 11) is 0. The van der Waals surface area contributed by atoms with Crippen molar-refractivity contribution in [3.8, 4) is 0 Å². The van der Waals surface area contributed by atoms with Crippen LogP contribution in [0.4, 0.5) is 5.69 Å². The minimum atomic E-state index is -0.221. The zero-order valence-electron chi connectivity index (χ0n) is 11.9. The van der Waals surface area contributed by atoms with E-state index in [0.717, 1.165) is 11.3 Å². The molecule has 1 atom stereocenters. The molecule has 1 N–H and O–H groups in total. The van der Waals surface area contributed by atoms with Crippen LogP contribution in [0.25, 0.3) is 0 Å². The molecule has 3 nitrogen and oxygen atoms in total. The van der Waals surface area contributed by atoms with Crippen LogP contribution in [-0.4, -0.2) is 12.6 Å². The van der Waals surface area contributed by atoms with Gasteiger partial charge in [-0.05, 0) is 36.8 Å². The van der Waals surface area contributed by atoms with Crippen molar-refractivity contribution in [1.29, 1.82) is 0 Å². The molecule has 110 valence electrons. The zero-order chi connectivity index (χ0) is 15.1. The molecule has 4 heteroatoms. The molecule has 0 radical (unpaired) electrons. The normalized spacial score (nSPS) is 11.7. The highest BCUT2D eigenvalue weighted by Gasteiger charge is 2.16. The van der Waals surface area contributed by atoms with Gasteiger partial charge in [-0.15, -0.1) is 0 Å². The first-order chi connectivity index (χ1) is 10.2. The predicted octanol–water partition coefficient (Wildman–Crippen LogP) is 4.45. The summed E-state index contributed by atoms with van der Waals surface area (Å²) in [5.41, 5.74) is 1.96. The number of esters is 1. The third-order valence-corrected chi connectivity index (χ3v) is 3.32. The molecule has 0 amide bonds. The molecule has 2 aromatic rings. The number of hydrogen-bond acceptors (Lipinski definition) is 3. The van der Waals surface area contributed by atoms with Gasteiger partial charge in [-0.3, -0.25) is 4.79 Å². The van der Waals surface area contributed by atoms with Gasteiger partial charge in [-0.25, -0.2) is 0 Å². The third-order valence-electron chi connectivity index (χ3n) is 3.06. The SMILES string of the molecule is CCOC(=O)CC(Nc1ccccc1)c1ccc(Cl)cc1. The van der Waals surface area contributed by atoms with Gasteiger partial charge in [0.25, 0.3) is 0 Å². The van der Waals surface area contributed by atoms with Crippen molar-refractivity contribution in [3.63, 3.8) is 0 Å². The van der Waals surface area contributed by atoms with Crippen molar-refractivity contribution >= 4 is 23.3 Å². The maximum absolute atomic E-state index is 11.8. The van der Waals surface area contributed by atoms with E-state index < -0.39 is 0 Å². The van der Waals surface area contributed by atoms with Crippen LogP contribution in [-0.2, 0) is 9.53 Å². The molecule has 0 spiro atoms. The molecule has 0 saturated carbocycles. The molecule has 0 aliphatic rings. The predicted molar refractivity (Wildman–Crippen MR) is 85.5 cm³/mol. The molecule has 0 heterocycles. The Morgan fingerprint density at radius 2 is 1.81 bits per heavy atom. The van der Waals surface area contributed by atoms with Crippen LogP contribution in [0.15, 0.2) is 54.6 Å². The Morgan fingerprint density at radius 3 is 2.43 bits per heavy atom. The summed E-state index contributed by atoms with van der Waals surface area (Å²) in [6.45, 7) is 2.19. The molecule has 2 aromatic carbocycles. The van der Waals surface area contributed by atoms with E-state index in [1.165, 1.54) is 0 Å². The lowest BCUT2D eigenvalue weighted by atomic mass is 10.0. The van der Waals surface area contributed by atoms with Crippen LogP contribution in [0.3, 0.4) is 0 Å². The number of para-hydroxylation sites is 1. The molecular weight excluding hydrogens is 286 g/mol. The third kappa shape index (κ3) is 4.80. The van der Waals surface area contributed by atoms with Crippen molar-refractivity contribution < 1.29 is 9.53 Å². The maximum atomic E-state index is 11.8. The smallest absolute Gasteiger partial charge is 0.308 e. The van der Waals surface area contributed by atoms with Crippen LogP contribution in [0, 0.1) is 0 Å². The molecule has 2 rings (SSSR count). The lowest BCUT2D eigenvalue weighted by Gasteiger charge is -2.20. The second-order valence-corrected chi connectivity index (χ2v) is 5.06. The number of anilines is 1. The lowest BCUT2D eigenvalue weighted by molar-refractivity contribution is -0.143. The van der Waals surface area contributed by atoms with Gasteiger partial charge in [0.05, 0.1) is 19.1 Å². The van der Waals surface area contributed by atoms with Gasteiger partial charge in [0.15, 0.2) is 0 Å². The highest BCUT2D eigenvalue weighted by Crippen LogP contribution is 2.24. The summed E-state index contributed by atoms with van der Waals surface area (Å²) in [5.74, 6) is -0.221. The maximum Gasteiger partial charge on any atom is 0.308 e. The Kier molecular flexibility index (Phi) is 5.64. The standard InChI is InChI=1S/C17H18ClNO2/c1-2-21-17(20)12-16(13-8-10-14(18)11-9-13)19-15-6-4-3-5-7-15/h3-11,16,19H,2,12H2,1H3. The summed E-state index contributed by atoms with van der Waals surface area (Å²) in [6.07, 6.45) is 0.268. The summed E-state index contributed by atoms with van der Waals surface area (Å²) in [4.78, 5) is 11.8. The monoisotopic (exact) mass is 303 g/mol. The van der Waals surface area contributed by atoms with E-state index in [2.05, 4.69) is 5.32 Å². The van der Waals surface area contributed by atoms with E-state index in [9.17, 15) is 4.79 Å². The van der Waals surface area contributed by atoms with Gasteiger partial charge in [-0.1, -0.05) is 41.9 Å². The van der Waals surface area contributed by atoms with E-state index in [4.69, 9.17) is 16.3 Å². The molecule has 0 fully saturated rings. The second-order valence-electron chi connectivity index (χ2n) is 4.62. The molecule has 0 aromatic heterocycles. The van der Waals surface area contributed by atoms with E-state index in [0.29, 0.717) is 11.6 Å². The Labute approximate surface area is 129 Å². The number of ether oxygens (including phenoxy) is 1. The Hall–Kier alpha value is -2.00. The Bertz CT molecular complexity index is 569. The number of carbonyl (C=O) groups excluding carboxylic acids is 1. The largest absolute Gasteiger partial charge is 0.466 e. The van der Waals surface area contributed by atoms with Crippen LogP contribution >= 0.6 is 11.6 Å². The fourth-order valence-electron chi connectivity index (χ4n) is 2.07. The van der Waals surface area contributed by atoms with Gasteiger partial charge in [-0.2, -0.15) is 0 Å². The number of benzene rings is 2. The number of halogens is 1. The molecule has 0 saturated heterocycles. The van der Waals surface area contributed by atoms with Gasteiger partial charge in [0.1, 0.15) is 0 Å². The quantitative estimate of drug-likeness (QED) is 0.801. The Morgan fingerprint density at radius 1 is 1.14 bits per heavy atom. The van der Waals surface area contributed by atoms with Gasteiger partial charge in [0.2, 0.25) is 0 Å². The van der Waals surface area contributed by atoms with E-state index >= 15 is 0 Å². The minimum Gasteiger partial charge on any atom is -0.466 e. The van der Waals surface area contributed by atoms with Crippen molar-refractivity contribution in [1.82, 2.24) is 0 Å². The van der Waals surface area contributed by atoms with Gasteiger partial charge < -0.3 is 10.1 Å². The van der Waals surface area contributed by atoms with Gasteiger partial charge in [0, 0.05) is 10.7 Å². The van der Waals surface area contributed by atoms with Crippen LogP contribution in [0.1, 0.15) is 24.9 Å². The molecular formula is C17H18ClNO2. The Balaban J connectivity index is 2.17. The van der Waals surface area contributed by atoms with E-state index in [1.807, 2.05) is 54.6 Å². The van der Waals surface area contributed by atoms with Crippen LogP contribution < -0.4 is 5.32 Å². The van der Waals surface area contributed by atoms with Crippen molar-refractivity contribution in [2.45, 2.75) is 19.4 Å². The molecule has 0 aliphatic carbocycles. The van der Waals surface area contributed by atoms with Crippen molar-refractivity contribution in [2.24, 2.45) is 0 Å². The number of rotatable bonds is 6. The fourth-order valence-corrected chi connectivity index (χ4v) is 2.20. The highest BCUT2D eigenvalue weighted by molar-refractivity contribution is 6.30. The van der Waals surface area contributed by atoms with Crippen LogP contribution in [0.5, 0.6) is 0 Å². The van der Waals surface area contributed by atoms with E-state index in [-0.39, 0.29) is 18.4 Å². The van der Waals surface area contributed by atoms with Crippen LogP contribution in [0.2, 0.25) is 5.02 Å². The summed E-state index contributed by atoms with van der Waals surface area (Å²) >= 11 is 5.92. The average Bonchev–Trinajstić information content (AvgIpc) is 2.49. The second kappa shape index (κ2) is 7.70. The topological polar surface area (TPSA) is 38.3 Å². The fraction of sp³-hybridized carbons (Fsp3) is 0.235. The molecule has 1 unspecified atom stereocenters. The average molecular weight is 304 g/mol. The summed E-state index contributed by atoms with van der Waals surface area (Å²) < 4.78 is 5.05. The summed E-state index contributed by atoms with van der Waals surface area (Å²) in [5, 5.41) is 4.03. The highest BCUT2D eigenvalue weighted by atomic mass is 35.5. The van der Waals surface area contributed by atoms with E-state index in [1.54, 1.807) is 6.92 Å². The first-order valence-corrected chi connectivity index (χ1v) is 7.29. The lowest BCUT2D eigenvalue weighted by Crippen LogP contribution is -2.17. The van der Waals surface area contributed by atoms with Crippen molar-refractivity contribution in [2.75, 3.05) is 11.9 Å². The first-order valence-electron chi connectivity index (χ1n) is 6.91. The first kappa shape index (κ1) is 15.4. The van der Waals surface area contributed by atoms with Gasteiger partial charge >= 0.3 is 5.97 Å². The number of nitrogens with one attached hydrogen (secondary N) is 1. The number of hydrogen-bond donors (Lipinski definition) is 1. The molecule has 0 aliphatic heterocycles. The minimum absolute atomic E-state index is 0.149. The summed E-state index contributed by atoms with van der Waals surface area (Å²) in [6, 6.07) is 17.1. The molecule has 21 heavy (non-hydrogen) atoms. The van der Waals surface area contributed by atoms with Crippen molar-refractivity contribution in [3.05, 3.63) is 65.2 Å². The number of carbonyl (C=O) groups is 1. The molecule has 0 bridgehead atoms.